The number of nitrogens with two attached hydrogens (primary N) is 1. The highest BCUT2D eigenvalue weighted by atomic mass is 35.5. The van der Waals surface area contributed by atoms with Gasteiger partial charge < -0.3 is 11.1 Å². The van der Waals surface area contributed by atoms with Gasteiger partial charge >= 0.3 is 0 Å². The van der Waals surface area contributed by atoms with Gasteiger partial charge in [-0.05, 0) is 50.3 Å². The Balaban J connectivity index is 1.97. The van der Waals surface area contributed by atoms with Crippen LogP contribution in [0.2, 0.25) is 5.02 Å². The molecule has 1 amide bonds. The predicted molar refractivity (Wildman–Crippen MR) is 78.2 cm³/mol. The van der Waals surface area contributed by atoms with Crippen molar-refractivity contribution >= 4 is 17.5 Å². The van der Waals surface area contributed by atoms with Crippen molar-refractivity contribution in [2.45, 2.75) is 38.1 Å². The van der Waals surface area contributed by atoms with Crippen molar-refractivity contribution in [2.75, 3.05) is 6.54 Å². The van der Waals surface area contributed by atoms with E-state index in [1.807, 2.05) is 38.1 Å². The van der Waals surface area contributed by atoms with Gasteiger partial charge in [-0.3, -0.25) is 4.79 Å². The van der Waals surface area contributed by atoms with E-state index in [9.17, 15) is 4.79 Å². The summed E-state index contributed by atoms with van der Waals surface area (Å²) in [6.45, 7) is 4.38. The van der Waals surface area contributed by atoms with E-state index in [4.69, 9.17) is 17.3 Å². The van der Waals surface area contributed by atoms with Crippen LogP contribution in [0.3, 0.4) is 0 Å². The largest absolute Gasteiger partial charge is 0.354 e. The lowest BCUT2D eigenvalue weighted by Crippen LogP contribution is -2.45. The number of rotatable bonds is 5. The van der Waals surface area contributed by atoms with Crippen molar-refractivity contribution in [2.24, 2.45) is 11.7 Å². The van der Waals surface area contributed by atoms with Crippen LogP contribution in [0.4, 0.5) is 0 Å². The number of hydrogen-bond acceptors (Lipinski definition) is 2. The quantitative estimate of drug-likeness (QED) is 0.871. The molecule has 0 radical (unpaired) electrons. The molecular weight excluding hydrogens is 260 g/mol. The van der Waals surface area contributed by atoms with Crippen molar-refractivity contribution in [3.8, 4) is 0 Å². The van der Waals surface area contributed by atoms with E-state index in [0.29, 0.717) is 17.5 Å². The van der Waals surface area contributed by atoms with Crippen LogP contribution >= 0.6 is 11.6 Å². The molecule has 3 N–H and O–H groups in total. The minimum absolute atomic E-state index is 0.00548. The first-order valence-corrected chi connectivity index (χ1v) is 7.09. The number of carbonyl (C=O) groups excluding carboxylic acids is 1. The lowest BCUT2D eigenvalue weighted by molar-refractivity contribution is -0.125. The number of hydrogen-bond donors (Lipinski definition) is 2. The van der Waals surface area contributed by atoms with Gasteiger partial charge in [0.15, 0.2) is 0 Å². The smallest absolute Gasteiger partial charge is 0.230 e. The van der Waals surface area contributed by atoms with Crippen molar-refractivity contribution < 1.29 is 4.79 Å². The summed E-state index contributed by atoms with van der Waals surface area (Å²) in [6.07, 6.45) is 2.38. The summed E-state index contributed by atoms with van der Waals surface area (Å²) in [7, 11) is 0. The predicted octanol–water partition coefficient (Wildman–Crippen LogP) is 2.47. The van der Waals surface area contributed by atoms with Crippen LogP contribution in [0, 0.1) is 5.92 Å². The Morgan fingerprint density at radius 3 is 2.53 bits per heavy atom. The van der Waals surface area contributed by atoms with Gasteiger partial charge in [0.1, 0.15) is 0 Å². The summed E-state index contributed by atoms with van der Waals surface area (Å²) in [5, 5.41) is 3.64. The van der Waals surface area contributed by atoms with Gasteiger partial charge in [-0.1, -0.05) is 23.7 Å². The molecular formula is C15H21ClN2O. The lowest BCUT2D eigenvalue weighted by atomic mass is 9.83. The molecule has 1 aliphatic rings. The summed E-state index contributed by atoms with van der Waals surface area (Å²) in [5.41, 5.74) is 6.37. The van der Waals surface area contributed by atoms with E-state index in [2.05, 4.69) is 5.32 Å². The van der Waals surface area contributed by atoms with E-state index in [1.54, 1.807) is 0 Å². The standard InChI is InChI=1S/C15H21ClN2O/c1-15(2,11-5-7-12(16)8-6-11)14(19)18-9-13(17)10-3-4-10/h5-8,10,13H,3-4,9,17H2,1-2H3,(H,18,19). The Bertz CT molecular complexity index is 452. The molecule has 19 heavy (non-hydrogen) atoms. The Morgan fingerprint density at radius 2 is 2.00 bits per heavy atom. The van der Waals surface area contributed by atoms with Gasteiger partial charge in [-0.2, -0.15) is 0 Å². The highest BCUT2D eigenvalue weighted by Crippen LogP contribution is 2.31. The lowest BCUT2D eigenvalue weighted by Gasteiger charge is -2.25. The van der Waals surface area contributed by atoms with Gasteiger partial charge in [-0.25, -0.2) is 0 Å². The molecule has 104 valence electrons. The van der Waals surface area contributed by atoms with E-state index in [-0.39, 0.29) is 11.9 Å². The maximum atomic E-state index is 12.3. The molecule has 0 heterocycles. The van der Waals surface area contributed by atoms with Crippen molar-refractivity contribution in [1.82, 2.24) is 5.32 Å². The van der Waals surface area contributed by atoms with Crippen LogP contribution in [-0.4, -0.2) is 18.5 Å². The Kier molecular flexibility index (Phi) is 4.16. The molecule has 1 fully saturated rings. The second-order valence-corrected chi connectivity index (χ2v) is 6.28. The minimum atomic E-state index is -0.576. The molecule has 0 spiro atoms. The number of halogens is 1. The fourth-order valence-electron chi connectivity index (χ4n) is 2.12. The van der Waals surface area contributed by atoms with Crippen molar-refractivity contribution in [3.05, 3.63) is 34.9 Å². The molecule has 0 aromatic heterocycles. The third-order valence-electron chi connectivity index (χ3n) is 3.86. The van der Waals surface area contributed by atoms with Gasteiger partial charge in [0.25, 0.3) is 0 Å². The molecule has 0 saturated heterocycles. The molecule has 4 heteroatoms. The van der Waals surface area contributed by atoms with Crippen LogP contribution in [0.1, 0.15) is 32.3 Å². The van der Waals surface area contributed by atoms with E-state index in [1.165, 1.54) is 12.8 Å². The van der Waals surface area contributed by atoms with Gasteiger partial charge in [0, 0.05) is 17.6 Å². The van der Waals surface area contributed by atoms with Crippen LogP contribution in [0.5, 0.6) is 0 Å². The zero-order valence-electron chi connectivity index (χ0n) is 11.4. The fourth-order valence-corrected chi connectivity index (χ4v) is 2.25. The minimum Gasteiger partial charge on any atom is -0.354 e. The highest BCUT2D eigenvalue weighted by molar-refractivity contribution is 6.30. The van der Waals surface area contributed by atoms with Gasteiger partial charge in [0.05, 0.1) is 5.41 Å². The zero-order valence-corrected chi connectivity index (χ0v) is 12.2. The summed E-state index contributed by atoms with van der Waals surface area (Å²) in [6, 6.07) is 7.49. The van der Waals surface area contributed by atoms with Gasteiger partial charge in [-0.15, -0.1) is 0 Å². The molecule has 0 aliphatic heterocycles. The molecule has 3 nitrogen and oxygen atoms in total. The molecule has 1 aromatic rings. The van der Waals surface area contributed by atoms with Gasteiger partial charge in [0.2, 0.25) is 5.91 Å². The third kappa shape index (κ3) is 3.48. The molecule has 1 aliphatic carbocycles. The maximum Gasteiger partial charge on any atom is 0.230 e. The third-order valence-corrected chi connectivity index (χ3v) is 4.11. The maximum absolute atomic E-state index is 12.3. The second-order valence-electron chi connectivity index (χ2n) is 5.84. The van der Waals surface area contributed by atoms with Crippen LogP contribution in [-0.2, 0) is 10.2 Å². The number of carbonyl (C=O) groups is 1. The summed E-state index contributed by atoms with van der Waals surface area (Å²) < 4.78 is 0. The molecule has 1 unspecified atom stereocenters. The van der Waals surface area contributed by atoms with E-state index in [0.717, 1.165) is 5.56 Å². The monoisotopic (exact) mass is 280 g/mol. The zero-order chi connectivity index (χ0) is 14.0. The molecule has 1 saturated carbocycles. The number of benzene rings is 1. The van der Waals surface area contributed by atoms with Crippen LogP contribution in [0.15, 0.2) is 24.3 Å². The number of nitrogens with one attached hydrogen (secondary N) is 1. The van der Waals surface area contributed by atoms with Crippen LogP contribution < -0.4 is 11.1 Å². The average molecular weight is 281 g/mol. The van der Waals surface area contributed by atoms with Crippen molar-refractivity contribution in [3.63, 3.8) is 0 Å². The normalized spacial score (nSPS) is 17.1. The first kappa shape index (κ1) is 14.4. The van der Waals surface area contributed by atoms with Crippen molar-refractivity contribution in [1.29, 1.82) is 0 Å². The summed E-state index contributed by atoms with van der Waals surface area (Å²) >= 11 is 5.87. The van der Waals surface area contributed by atoms with Crippen LogP contribution in [0.25, 0.3) is 0 Å². The van der Waals surface area contributed by atoms with E-state index < -0.39 is 5.41 Å². The topological polar surface area (TPSA) is 55.1 Å². The Labute approximate surface area is 119 Å². The molecule has 2 rings (SSSR count). The van der Waals surface area contributed by atoms with E-state index >= 15 is 0 Å². The molecule has 0 bridgehead atoms. The highest BCUT2D eigenvalue weighted by Gasteiger charge is 2.32. The number of amides is 1. The Morgan fingerprint density at radius 1 is 1.42 bits per heavy atom. The second kappa shape index (κ2) is 5.51. The fraction of sp³-hybridized carbons (Fsp3) is 0.533. The summed E-state index contributed by atoms with van der Waals surface area (Å²) in [5.74, 6) is 0.602. The SMILES string of the molecule is CC(C)(C(=O)NCC(N)C1CC1)c1ccc(Cl)cc1. The first-order valence-electron chi connectivity index (χ1n) is 6.71. The molecule has 1 atom stereocenters. The summed E-state index contributed by atoms with van der Waals surface area (Å²) in [4.78, 5) is 12.3. The first-order chi connectivity index (χ1) is 8.91. The Hall–Kier alpha value is -1.06. The molecule has 1 aromatic carbocycles. The average Bonchev–Trinajstić information content (AvgIpc) is 3.20.